The predicted molar refractivity (Wildman–Crippen MR) is 48.6 cm³/mol. The molecule has 4 saturated carbocycles. The van der Waals surface area contributed by atoms with Gasteiger partial charge in [0, 0.05) is 0 Å². The monoisotopic (exact) mass is 162 g/mol. The predicted octanol–water partition coefficient (Wildman–Crippen LogP) is 3.08. The Kier molecular flexibility index (Phi) is 0.578. The summed E-state index contributed by atoms with van der Waals surface area (Å²) in [6.07, 6.45) is 3.10. The maximum atomic E-state index is 2.57. The highest BCUT2D eigenvalue weighted by atomic mass is 15.2. The lowest BCUT2D eigenvalue weighted by atomic mass is 9.58. The summed E-state index contributed by atoms with van der Waals surface area (Å²) in [5.74, 6) is 2.15. The lowest BCUT2D eigenvalue weighted by molar-refractivity contribution is 0.0199. The highest BCUT2D eigenvalue weighted by Gasteiger charge is 3.14. The van der Waals surface area contributed by atoms with Crippen LogP contribution in [0.4, 0.5) is 0 Å². The lowest BCUT2D eigenvalue weighted by Gasteiger charge is -2.45. The third-order valence-electron chi connectivity index (χ3n) is 7.39. The quantitative estimate of drug-likeness (QED) is 0.513. The van der Waals surface area contributed by atoms with E-state index in [1.807, 2.05) is 0 Å². The van der Waals surface area contributed by atoms with Crippen molar-refractivity contribution in [1.29, 1.82) is 0 Å². The van der Waals surface area contributed by atoms with Gasteiger partial charge in [-0.15, -0.1) is 0 Å². The molecule has 1 spiro atoms. The van der Waals surface area contributed by atoms with Crippen molar-refractivity contribution in [3.63, 3.8) is 0 Å². The maximum absolute atomic E-state index is 2.57. The van der Waals surface area contributed by atoms with Crippen LogP contribution in [0.1, 0.15) is 40.5 Å². The summed E-state index contributed by atoms with van der Waals surface area (Å²) in [4.78, 5) is 0. The van der Waals surface area contributed by atoms with Crippen LogP contribution in [0.2, 0.25) is 0 Å². The second-order valence-electron chi connectivity index (χ2n) is 6.51. The molecule has 0 bridgehead atoms. The van der Waals surface area contributed by atoms with Crippen LogP contribution in [-0.4, -0.2) is 0 Å². The second-order valence-corrected chi connectivity index (χ2v) is 6.51. The zero-order valence-corrected chi connectivity index (χ0v) is 8.57. The van der Waals surface area contributed by atoms with Crippen LogP contribution in [-0.2, 0) is 0 Å². The highest BCUT2D eigenvalue weighted by molar-refractivity contribution is 5.60. The molecular formula is C12H18. The Bertz CT molecular complexity index is 308. The molecule has 12 heavy (non-hydrogen) atoms. The third-order valence-corrected chi connectivity index (χ3v) is 7.39. The standard InChI is InChI=1S/C12H18/c1-7-5-8-6-9(2)11(4)10(7,3)12(8,9)11/h7-8H,5-6H2,1-4H3. The number of hydrogen-bond donors (Lipinski definition) is 0. The molecule has 4 fully saturated rings. The molecule has 0 N–H and O–H groups in total. The number of fused-ring (bicyclic) bond motifs is 2. The van der Waals surface area contributed by atoms with Crippen molar-refractivity contribution >= 4 is 0 Å². The SMILES string of the molecule is CC1CC2CC3(C)C4(C)C1(C)C234. The van der Waals surface area contributed by atoms with E-state index in [1.54, 1.807) is 12.8 Å². The van der Waals surface area contributed by atoms with Crippen molar-refractivity contribution in [1.82, 2.24) is 0 Å². The summed E-state index contributed by atoms with van der Waals surface area (Å²) in [6.45, 7) is 10.2. The van der Waals surface area contributed by atoms with Gasteiger partial charge in [0.15, 0.2) is 0 Å². The molecule has 0 saturated heterocycles. The van der Waals surface area contributed by atoms with Crippen molar-refractivity contribution in [3.8, 4) is 0 Å². The molecule has 4 aliphatic carbocycles. The molecule has 4 aliphatic rings. The molecule has 0 nitrogen and oxygen atoms in total. The Labute approximate surface area is 74.7 Å². The maximum Gasteiger partial charge on any atom is -0.00826 e. The highest BCUT2D eigenvalue weighted by Crippen LogP contribution is 3.18. The topological polar surface area (TPSA) is 0 Å². The first-order chi connectivity index (χ1) is 5.48. The third kappa shape index (κ3) is 0.211. The summed E-state index contributed by atoms with van der Waals surface area (Å²) in [5, 5.41) is 0. The van der Waals surface area contributed by atoms with Crippen LogP contribution >= 0.6 is 0 Å². The van der Waals surface area contributed by atoms with E-state index in [0.29, 0.717) is 0 Å². The van der Waals surface area contributed by atoms with E-state index < -0.39 is 0 Å². The van der Waals surface area contributed by atoms with Crippen molar-refractivity contribution in [2.45, 2.75) is 40.5 Å². The molecular weight excluding hydrogens is 144 g/mol. The molecule has 0 heterocycles. The van der Waals surface area contributed by atoms with E-state index in [2.05, 4.69) is 27.7 Å². The molecule has 0 aromatic heterocycles. The minimum absolute atomic E-state index is 0.775. The van der Waals surface area contributed by atoms with Gasteiger partial charge in [0.1, 0.15) is 0 Å². The first-order valence-electron chi connectivity index (χ1n) is 5.48. The van der Waals surface area contributed by atoms with Gasteiger partial charge in [-0.2, -0.15) is 0 Å². The summed E-state index contributed by atoms with van der Waals surface area (Å²) in [7, 11) is 0. The molecule has 0 aromatic rings. The molecule has 66 valence electrons. The molecule has 6 unspecified atom stereocenters. The van der Waals surface area contributed by atoms with Gasteiger partial charge in [0.05, 0.1) is 0 Å². The van der Waals surface area contributed by atoms with Gasteiger partial charge in [0.2, 0.25) is 0 Å². The normalized spacial score (nSPS) is 87.0. The van der Waals surface area contributed by atoms with Crippen LogP contribution in [0.3, 0.4) is 0 Å². The van der Waals surface area contributed by atoms with E-state index >= 15 is 0 Å². The summed E-state index contributed by atoms with van der Waals surface area (Å²) < 4.78 is 0. The zero-order valence-electron chi connectivity index (χ0n) is 8.57. The smallest absolute Gasteiger partial charge is 0.00826 e. The fraction of sp³-hybridized carbons (Fsp3) is 1.00. The van der Waals surface area contributed by atoms with E-state index in [0.717, 1.165) is 33.5 Å². The molecule has 0 amide bonds. The van der Waals surface area contributed by atoms with Gasteiger partial charge in [-0.3, -0.25) is 0 Å². The van der Waals surface area contributed by atoms with Gasteiger partial charge in [-0.25, -0.2) is 0 Å². The Morgan fingerprint density at radius 1 is 1.17 bits per heavy atom. The fourth-order valence-electron chi connectivity index (χ4n) is 7.04. The first-order valence-corrected chi connectivity index (χ1v) is 5.48. The van der Waals surface area contributed by atoms with Crippen LogP contribution in [0.25, 0.3) is 0 Å². The van der Waals surface area contributed by atoms with Crippen molar-refractivity contribution < 1.29 is 0 Å². The molecule has 0 aromatic carbocycles. The van der Waals surface area contributed by atoms with Gasteiger partial charge >= 0.3 is 0 Å². The Morgan fingerprint density at radius 3 is 2.17 bits per heavy atom. The summed E-state index contributed by atoms with van der Waals surface area (Å²) in [6, 6.07) is 0. The van der Waals surface area contributed by atoms with E-state index in [4.69, 9.17) is 0 Å². The second kappa shape index (κ2) is 1.07. The van der Waals surface area contributed by atoms with E-state index in [1.165, 1.54) is 0 Å². The minimum Gasteiger partial charge on any atom is -0.0619 e. The Morgan fingerprint density at radius 2 is 1.83 bits per heavy atom. The van der Waals surface area contributed by atoms with Crippen molar-refractivity contribution in [2.75, 3.05) is 0 Å². The van der Waals surface area contributed by atoms with E-state index in [-0.39, 0.29) is 0 Å². The Balaban J connectivity index is 1.96. The fourth-order valence-corrected chi connectivity index (χ4v) is 7.04. The zero-order chi connectivity index (χ0) is 8.57. The number of hydrogen-bond acceptors (Lipinski definition) is 0. The van der Waals surface area contributed by atoms with Crippen LogP contribution < -0.4 is 0 Å². The largest absolute Gasteiger partial charge is 0.0619 e. The molecule has 4 rings (SSSR count). The van der Waals surface area contributed by atoms with Crippen LogP contribution in [0.15, 0.2) is 0 Å². The van der Waals surface area contributed by atoms with Gasteiger partial charge in [-0.05, 0) is 46.3 Å². The van der Waals surface area contributed by atoms with Crippen LogP contribution in [0, 0.1) is 33.5 Å². The molecule has 0 radical (unpaired) electrons. The molecule has 6 atom stereocenters. The minimum atomic E-state index is 0.775. The average Bonchev–Trinajstić information content (AvgIpc) is 2.58. The summed E-state index contributed by atoms with van der Waals surface area (Å²) in [5.41, 5.74) is 3.24. The van der Waals surface area contributed by atoms with Gasteiger partial charge < -0.3 is 0 Å². The Hall–Kier alpha value is 0. The van der Waals surface area contributed by atoms with Crippen molar-refractivity contribution in [2.24, 2.45) is 33.5 Å². The summed E-state index contributed by atoms with van der Waals surface area (Å²) >= 11 is 0. The molecule has 0 aliphatic heterocycles. The molecule has 0 heteroatoms. The lowest BCUT2D eigenvalue weighted by Crippen LogP contribution is -2.40. The first kappa shape index (κ1) is 6.45. The average molecular weight is 162 g/mol. The van der Waals surface area contributed by atoms with Crippen LogP contribution in [0.5, 0.6) is 0 Å². The number of rotatable bonds is 0. The van der Waals surface area contributed by atoms with E-state index in [9.17, 15) is 0 Å². The van der Waals surface area contributed by atoms with Gasteiger partial charge in [-0.1, -0.05) is 27.7 Å². The van der Waals surface area contributed by atoms with Gasteiger partial charge in [0.25, 0.3) is 0 Å². The van der Waals surface area contributed by atoms with Crippen molar-refractivity contribution in [3.05, 3.63) is 0 Å².